The smallest absolute Gasteiger partial charge is 0.306 e. The molecule has 0 atom stereocenters. The van der Waals surface area contributed by atoms with E-state index in [0.29, 0.717) is 16.1 Å². The van der Waals surface area contributed by atoms with Crippen molar-refractivity contribution < 1.29 is 18.0 Å². The Morgan fingerprint density at radius 2 is 1.45 bits per heavy atom. The second kappa shape index (κ2) is 8.81. The molecule has 0 radical (unpaired) electrons. The van der Waals surface area contributed by atoms with Gasteiger partial charge in [0.25, 0.3) is 21.8 Å². The number of nitrogens with one attached hydrogen (secondary N) is 5. The number of fused-ring (bicyclic) bond motifs is 1. The van der Waals surface area contributed by atoms with Gasteiger partial charge in [-0.25, -0.2) is 13.2 Å². The zero-order valence-electron chi connectivity index (χ0n) is 16.7. The number of amides is 2. The van der Waals surface area contributed by atoms with E-state index in [4.69, 9.17) is 11.6 Å². The maximum absolute atomic E-state index is 12.7. The van der Waals surface area contributed by atoms with E-state index in [1.54, 1.807) is 18.2 Å². The van der Waals surface area contributed by atoms with Crippen molar-refractivity contribution in [3.8, 4) is 0 Å². The number of hydrogen-bond donors (Lipinski definition) is 5. The second-order valence-corrected chi connectivity index (χ2v) is 9.01. The van der Waals surface area contributed by atoms with Gasteiger partial charge in [0.15, 0.2) is 0 Å². The van der Waals surface area contributed by atoms with Gasteiger partial charge in [-0.15, -0.1) is 0 Å². The number of halogens is 1. The highest BCUT2D eigenvalue weighted by atomic mass is 35.5. The largest absolute Gasteiger partial charge is 0.323 e. The van der Waals surface area contributed by atoms with Crippen LogP contribution in [0, 0.1) is 0 Å². The van der Waals surface area contributed by atoms with Gasteiger partial charge in [-0.1, -0.05) is 17.7 Å². The quantitative estimate of drug-likeness (QED) is 0.275. The van der Waals surface area contributed by atoms with Gasteiger partial charge in [-0.3, -0.25) is 25.2 Å². The highest BCUT2D eigenvalue weighted by Gasteiger charge is 2.16. The van der Waals surface area contributed by atoms with Crippen LogP contribution in [0.1, 0.15) is 20.7 Å². The molecule has 10 nitrogen and oxygen atoms in total. The summed E-state index contributed by atoms with van der Waals surface area (Å²) in [7, 11) is -3.94. The van der Waals surface area contributed by atoms with E-state index in [1.807, 2.05) is 0 Å². The van der Waals surface area contributed by atoms with Gasteiger partial charge < -0.3 is 9.97 Å². The SMILES string of the molecule is O=C(NNC(=O)c1cccc(Cl)c1)c1ccc(NS(=O)(=O)c2ccc3[nH]c(=O)[nH]c3c2)cc1. The van der Waals surface area contributed by atoms with Crippen LogP contribution in [0.2, 0.25) is 5.02 Å². The van der Waals surface area contributed by atoms with Crippen LogP contribution in [-0.4, -0.2) is 30.2 Å². The average molecular weight is 486 g/mol. The Labute approximate surface area is 192 Å². The van der Waals surface area contributed by atoms with E-state index in [1.165, 1.54) is 48.5 Å². The number of aromatic nitrogens is 2. The monoisotopic (exact) mass is 485 g/mol. The number of sulfonamides is 1. The topological polar surface area (TPSA) is 153 Å². The Morgan fingerprint density at radius 3 is 2.15 bits per heavy atom. The first kappa shape index (κ1) is 22.1. The number of benzene rings is 3. The summed E-state index contributed by atoms with van der Waals surface area (Å²) in [5, 5.41) is 0.383. The summed E-state index contributed by atoms with van der Waals surface area (Å²) >= 11 is 5.84. The van der Waals surface area contributed by atoms with Crippen molar-refractivity contribution in [2.75, 3.05) is 4.72 Å². The first-order valence-electron chi connectivity index (χ1n) is 9.42. The molecule has 0 bridgehead atoms. The number of hydrazine groups is 1. The minimum atomic E-state index is -3.94. The minimum Gasteiger partial charge on any atom is -0.306 e. The number of aromatic amines is 2. The number of imidazole rings is 1. The van der Waals surface area contributed by atoms with E-state index < -0.39 is 27.5 Å². The molecule has 0 saturated heterocycles. The molecule has 3 aromatic carbocycles. The van der Waals surface area contributed by atoms with E-state index in [2.05, 4.69) is 25.5 Å². The van der Waals surface area contributed by atoms with Crippen LogP contribution < -0.4 is 21.3 Å². The molecule has 1 aromatic heterocycles. The van der Waals surface area contributed by atoms with Crippen molar-refractivity contribution in [1.29, 1.82) is 0 Å². The molecular weight excluding hydrogens is 470 g/mol. The molecule has 1 heterocycles. The number of carbonyl (C=O) groups excluding carboxylic acids is 2. The molecule has 2 amide bonds. The molecule has 4 rings (SSSR count). The highest BCUT2D eigenvalue weighted by molar-refractivity contribution is 7.92. The predicted molar refractivity (Wildman–Crippen MR) is 123 cm³/mol. The molecule has 0 fully saturated rings. The lowest BCUT2D eigenvalue weighted by molar-refractivity contribution is 0.0846. The summed E-state index contributed by atoms with van der Waals surface area (Å²) in [4.78, 5) is 40.7. The van der Waals surface area contributed by atoms with Gasteiger partial charge in [-0.05, 0) is 60.7 Å². The molecule has 0 saturated carbocycles. The van der Waals surface area contributed by atoms with Crippen molar-refractivity contribution in [2.45, 2.75) is 4.90 Å². The molecule has 5 N–H and O–H groups in total. The van der Waals surface area contributed by atoms with Gasteiger partial charge in [-0.2, -0.15) is 0 Å². The summed E-state index contributed by atoms with van der Waals surface area (Å²) in [5.41, 5.74) is 5.64. The molecule has 0 aliphatic heterocycles. The van der Waals surface area contributed by atoms with Crippen LogP contribution in [0.4, 0.5) is 5.69 Å². The number of hydrogen-bond acceptors (Lipinski definition) is 5. The molecule has 33 heavy (non-hydrogen) atoms. The lowest BCUT2D eigenvalue weighted by Crippen LogP contribution is -2.41. The van der Waals surface area contributed by atoms with Crippen LogP contribution in [0.15, 0.2) is 76.4 Å². The molecule has 4 aromatic rings. The first-order valence-corrected chi connectivity index (χ1v) is 11.3. The minimum absolute atomic E-state index is 0.0456. The van der Waals surface area contributed by atoms with Crippen LogP contribution in [0.25, 0.3) is 11.0 Å². The van der Waals surface area contributed by atoms with E-state index in [9.17, 15) is 22.8 Å². The Bertz CT molecular complexity index is 1530. The lowest BCUT2D eigenvalue weighted by Gasteiger charge is -2.10. The van der Waals surface area contributed by atoms with Gasteiger partial charge >= 0.3 is 5.69 Å². The highest BCUT2D eigenvalue weighted by Crippen LogP contribution is 2.19. The maximum atomic E-state index is 12.7. The van der Waals surface area contributed by atoms with Crippen LogP contribution in [-0.2, 0) is 10.0 Å². The number of anilines is 1. The van der Waals surface area contributed by atoms with E-state index in [-0.39, 0.29) is 21.7 Å². The summed E-state index contributed by atoms with van der Waals surface area (Å²) in [6, 6.07) is 16.0. The predicted octanol–water partition coefficient (Wildman–Crippen LogP) is 2.39. The summed E-state index contributed by atoms with van der Waals surface area (Å²) < 4.78 is 27.7. The Kier molecular flexibility index (Phi) is 5.90. The zero-order valence-corrected chi connectivity index (χ0v) is 18.3. The lowest BCUT2D eigenvalue weighted by atomic mass is 10.2. The number of carbonyl (C=O) groups is 2. The van der Waals surface area contributed by atoms with Gasteiger partial charge in [0.1, 0.15) is 0 Å². The van der Waals surface area contributed by atoms with E-state index >= 15 is 0 Å². The van der Waals surface area contributed by atoms with Crippen LogP contribution in [0.3, 0.4) is 0 Å². The maximum Gasteiger partial charge on any atom is 0.323 e. The molecule has 0 aliphatic carbocycles. The summed E-state index contributed by atoms with van der Waals surface area (Å²) in [6.45, 7) is 0. The molecule has 12 heteroatoms. The first-order chi connectivity index (χ1) is 15.7. The second-order valence-electron chi connectivity index (χ2n) is 6.89. The van der Waals surface area contributed by atoms with E-state index in [0.717, 1.165) is 0 Å². The average Bonchev–Trinajstić information content (AvgIpc) is 3.16. The van der Waals surface area contributed by atoms with Crippen LogP contribution in [0.5, 0.6) is 0 Å². The standard InChI is InChI=1S/C21H16ClN5O5S/c22-14-3-1-2-13(10-14)20(29)26-25-19(28)12-4-6-15(7-5-12)27-33(31,32)16-8-9-17-18(11-16)24-21(30)23-17/h1-11,27H,(H,25,28)(H,26,29)(H2,23,24,30). The summed E-state index contributed by atoms with van der Waals surface area (Å²) in [5.74, 6) is -1.14. The molecule has 0 unspecified atom stereocenters. The summed E-state index contributed by atoms with van der Waals surface area (Å²) in [6.07, 6.45) is 0. The van der Waals surface area contributed by atoms with Crippen molar-refractivity contribution in [1.82, 2.24) is 20.8 Å². The fourth-order valence-electron chi connectivity index (χ4n) is 2.97. The van der Waals surface area contributed by atoms with Gasteiger partial charge in [0.05, 0.1) is 15.9 Å². The van der Waals surface area contributed by atoms with Crippen molar-refractivity contribution in [3.05, 3.63) is 93.4 Å². The zero-order chi connectivity index (χ0) is 23.6. The Morgan fingerprint density at radius 1 is 0.788 bits per heavy atom. The third-order valence-corrected chi connectivity index (χ3v) is 6.19. The van der Waals surface area contributed by atoms with Crippen molar-refractivity contribution in [2.24, 2.45) is 0 Å². The Hall–Kier alpha value is -4.09. The third kappa shape index (κ3) is 5.05. The fourth-order valence-corrected chi connectivity index (χ4v) is 4.24. The van der Waals surface area contributed by atoms with Gasteiger partial charge in [0, 0.05) is 21.8 Å². The molecule has 168 valence electrons. The third-order valence-electron chi connectivity index (χ3n) is 4.57. The molecule has 0 aliphatic rings. The van der Waals surface area contributed by atoms with Crippen molar-refractivity contribution >= 4 is 50.2 Å². The normalized spacial score (nSPS) is 11.2. The van der Waals surface area contributed by atoms with Crippen molar-refractivity contribution in [3.63, 3.8) is 0 Å². The fraction of sp³-hybridized carbons (Fsp3) is 0. The van der Waals surface area contributed by atoms with Crippen LogP contribution >= 0.6 is 11.6 Å². The molecular formula is C21H16ClN5O5S. The Balaban J connectivity index is 1.41. The van der Waals surface area contributed by atoms with Gasteiger partial charge in [0.2, 0.25) is 0 Å². The number of rotatable bonds is 5. The molecule has 0 spiro atoms. The number of H-pyrrole nitrogens is 2.